The number of benzene rings is 2. The molecule has 2 aromatic rings. The summed E-state index contributed by atoms with van der Waals surface area (Å²) >= 11 is 0. The Morgan fingerprint density at radius 1 is 1.18 bits per heavy atom. The third-order valence-corrected chi connectivity index (χ3v) is 3.68. The van der Waals surface area contributed by atoms with Crippen molar-refractivity contribution in [1.29, 1.82) is 0 Å². The number of ether oxygens (including phenoxy) is 1. The van der Waals surface area contributed by atoms with Gasteiger partial charge in [-0.1, -0.05) is 17.7 Å². The number of anilines is 1. The third kappa shape index (κ3) is 3.03. The van der Waals surface area contributed by atoms with Crippen LogP contribution >= 0.6 is 0 Å². The van der Waals surface area contributed by atoms with Crippen LogP contribution in [0.4, 0.5) is 18.9 Å². The highest BCUT2D eigenvalue weighted by atomic mass is 19.4. The van der Waals surface area contributed by atoms with Gasteiger partial charge in [0.2, 0.25) is 0 Å². The number of rotatable bonds is 3. The van der Waals surface area contributed by atoms with Crippen molar-refractivity contribution >= 4 is 5.69 Å². The average molecular weight is 307 g/mol. The second kappa shape index (κ2) is 5.55. The molecule has 5 heteroatoms. The maximum absolute atomic E-state index is 12.8. The van der Waals surface area contributed by atoms with Crippen molar-refractivity contribution in [3.8, 4) is 5.75 Å². The van der Waals surface area contributed by atoms with Gasteiger partial charge in [0.05, 0.1) is 5.56 Å². The van der Waals surface area contributed by atoms with E-state index in [9.17, 15) is 13.2 Å². The predicted molar refractivity (Wildman–Crippen MR) is 79.1 cm³/mol. The molecule has 1 heterocycles. The van der Waals surface area contributed by atoms with Gasteiger partial charge in [0.1, 0.15) is 12.4 Å². The molecule has 0 aromatic heterocycles. The van der Waals surface area contributed by atoms with Crippen LogP contribution in [0.3, 0.4) is 0 Å². The molecule has 0 aliphatic carbocycles. The Kier molecular flexibility index (Phi) is 3.72. The summed E-state index contributed by atoms with van der Waals surface area (Å²) in [6.45, 7) is 2.64. The van der Waals surface area contributed by atoms with E-state index in [1.54, 1.807) is 13.0 Å². The molecule has 0 spiro atoms. The molecular formula is C17H16F3NO. The minimum absolute atomic E-state index is 0.126. The largest absolute Gasteiger partial charge is 0.489 e. The van der Waals surface area contributed by atoms with Crippen molar-refractivity contribution in [3.63, 3.8) is 0 Å². The van der Waals surface area contributed by atoms with Crippen LogP contribution in [0.5, 0.6) is 5.75 Å². The van der Waals surface area contributed by atoms with Gasteiger partial charge >= 0.3 is 6.18 Å². The van der Waals surface area contributed by atoms with E-state index in [1.807, 2.05) is 18.2 Å². The molecule has 0 saturated heterocycles. The van der Waals surface area contributed by atoms with E-state index in [4.69, 9.17) is 4.74 Å². The predicted octanol–water partition coefficient (Wildman–Crippen LogP) is 4.56. The maximum Gasteiger partial charge on any atom is 0.416 e. The summed E-state index contributed by atoms with van der Waals surface area (Å²) in [6, 6.07) is 9.72. The van der Waals surface area contributed by atoms with E-state index in [-0.39, 0.29) is 6.61 Å². The zero-order valence-corrected chi connectivity index (χ0v) is 12.1. The van der Waals surface area contributed by atoms with E-state index in [2.05, 4.69) is 5.32 Å². The van der Waals surface area contributed by atoms with Crippen LogP contribution in [0.15, 0.2) is 36.4 Å². The molecule has 1 N–H and O–H groups in total. The molecular weight excluding hydrogens is 291 g/mol. The Morgan fingerprint density at radius 3 is 2.77 bits per heavy atom. The van der Waals surface area contributed by atoms with E-state index in [0.29, 0.717) is 11.1 Å². The van der Waals surface area contributed by atoms with Crippen LogP contribution in [-0.2, 0) is 19.2 Å². The Morgan fingerprint density at radius 2 is 2.00 bits per heavy atom. The molecule has 1 aliphatic rings. The summed E-state index contributed by atoms with van der Waals surface area (Å²) < 4.78 is 44.3. The molecule has 0 atom stereocenters. The van der Waals surface area contributed by atoms with Crippen LogP contribution in [0.25, 0.3) is 0 Å². The van der Waals surface area contributed by atoms with E-state index < -0.39 is 11.7 Å². The Hall–Kier alpha value is -2.17. The molecule has 1 aliphatic heterocycles. The Labute approximate surface area is 126 Å². The van der Waals surface area contributed by atoms with Gasteiger partial charge in [0.15, 0.2) is 0 Å². The number of hydrogen-bond donors (Lipinski definition) is 1. The first kappa shape index (κ1) is 14.8. The van der Waals surface area contributed by atoms with Gasteiger partial charge in [-0.15, -0.1) is 0 Å². The second-order valence-corrected chi connectivity index (χ2v) is 5.45. The first-order valence-electron chi connectivity index (χ1n) is 7.10. The molecule has 0 fully saturated rings. The Balaban J connectivity index is 1.80. The Bertz CT molecular complexity index is 695. The van der Waals surface area contributed by atoms with E-state index in [1.165, 1.54) is 0 Å². The van der Waals surface area contributed by atoms with Crippen LogP contribution in [0.2, 0.25) is 0 Å². The van der Waals surface area contributed by atoms with Gasteiger partial charge in [0, 0.05) is 17.8 Å². The SMILES string of the molecule is Cc1cc(COc2cccc3c2CCN3)cc(C(F)(F)F)c1. The van der Waals surface area contributed by atoms with Crippen molar-refractivity contribution in [2.24, 2.45) is 0 Å². The average Bonchev–Trinajstić information content (AvgIpc) is 2.92. The monoisotopic (exact) mass is 307 g/mol. The third-order valence-electron chi connectivity index (χ3n) is 3.68. The minimum atomic E-state index is -4.33. The van der Waals surface area contributed by atoms with Crippen molar-refractivity contribution in [1.82, 2.24) is 0 Å². The van der Waals surface area contributed by atoms with Crippen LogP contribution < -0.4 is 10.1 Å². The van der Waals surface area contributed by atoms with Crippen LogP contribution in [-0.4, -0.2) is 6.54 Å². The van der Waals surface area contributed by atoms with Gasteiger partial charge in [0.25, 0.3) is 0 Å². The quantitative estimate of drug-likeness (QED) is 0.897. The molecule has 0 bridgehead atoms. The van der Waals surface area contributed by atoms with Gasteiger partial charge in [-0.05, 0) is 43.2 Å². The molecule has 0 saturated carbocycles. The lowest BCUT2D eigenvalue weighted by atomic mass is 10.1. The lowest BCUT2D eigenvalue weighted by molar-refractivity contribution is -0.137. The fourth-order valence-electron chi connectivity index (χ4n) is 2.72. The zero-order chi connectivity index (χ0) is 15.7. The summed E-state index contributed by atoms with van der Waals surface area (Å²) in [5, 5.41) is 3.25. The first-order chi connectivity index (χ1) is 10.4. The molecule has 116 valence electrons. The zero-order valence-electron chi connectivity index (χ0n) is 12.1. The summed E-state index contributed by atoms with van der Waals surface area (Å²) in [6.07, 6.45) is -3.47. The van der Waals surface area contributed by atoms with E-state index >= 15 is 0 Å². The van der Waals surface area contributed by atoms with Crippen molar-refractivity contribution in [2.45, 2.75) is 26.1 Å². The van der Waals surface area contributed by atoms with Crippen molar-refractivity contribution < 1.29 is 17.9 Å². The van der Waals surface area contributed by atoms with Crippen LogP contribution in [0.1, 0.15) is 22.3 Å². The number of aryl methyl sites for hydroxylation is 1. The highest BCUT2D eigenvalue weighted by Crippen LogP contribution is 2.33. The van der Waals surface area contributed by atoms with Crippen LogP contribution in [0, 0.1) is 6.92 Å². The van der Waals surface area contributed by atoms with E-state index in [0.717, 1.165) is 42.1 Å². The fourth-order valence-corrected chi connectivity index (χ4v) is 2.72. The second-order valence-electron chi connectivity index (χ2n) is 5.45. The van der Waals surface area contributed by atoms with Crippen molar-refractivity contribution in [2.75, 3.05) is 11.9 Å². The summed E-state index contributed by atoms with van der Waals surface area (Å²) in [7, 11) is 0. The van der Waals surface area contributed by atoms with Gasteiger partial charge in [-0.25, -0.2) is 0 Å². The number of alkyl halides is 3. The lowest BCUT2D eigenvalue weighted by Gasteiger charge is -2.13. The van der Waals surface area contributed by atoms with Gasteiger partial charge < -0.3 is 10.1 Å². The standard InChI is InChI=1S/C17H16F3NO/c1-11-7-12(9-13(8-11)17(18,19)20)10-22-16-4-2-3-15-14(16)5-6-21-15/h2-4,7-9,21H,5-6,10H2,1H3. The molecule has 2 aromatic carbocycles. The molecule has 2 nitrogen and oxygen atoms in total. The number of hydrogen-bond acceptors (Lipinski definition) is 2. The molecule has 0 radical (unpaired) electrons. The maximum atomic E-state index is 12.8. The minimum Gasteiger partial charge on any atom is -0.489 e. The molecule has 0 amide bonds. The normalized spacial score (nSPS) is 13.6. The topological polar surface area (TPSA) is 21.3 Å². The van der Waals surface area contributed by atoms with Gasteiger partial charge in [-0.2, -0.15) is 13.2 Å². The smallest absolute Gasteiger partial charge is 0.416 e. The first-order valence-corrected chi connectivity index (χ1v) is 7.10. The molecule has 3 rings (SSSR count). The number of fused-ring (bicyclic) bond motifs is 1. The number of halogens is 3. The lowest BCUT2D eigenvalue weighted by Crippen LogP contribution is -2.07. The van der Waals surface area contributed by atoms with Crippen molar-refractivity contribution in [3.05, 3.63) is 58.7 Å². The van der Waals surface area contributed by atoms with Gasteiger partial charge in [-0.3, -0.25) is 0 Å². The highest BCUT2D eigenvalue weighted by molar-refractivity contribution is 5.61. The highest BCUT2D eigenvalue weighted by Gasteiger charge is 2.30. The summed E-state index contributed by atoms with van der Waals surface area (Å²) in [5.41, 5.74) is 2.60. The number of nitrogens with one attached hydrogen (secondary N) is 1. The molecule has 22 heavy (non-hydrogen) atoms. The fraction of sp³-hybridized carbons (Fsp3) is 0.294. The molecule has 0 unspecified atom stereocenters. The summed E-state index contributed by atoms with van der Waals surface area (Å²) in [4.78, 5) is 0. The summed E-state index contributed by atoms with van der Waals surface area (Å²) in [5.74, 6) is 0.734.